The summed E-state index contributed by atoms with van der Waals surface area (Å²) in [5, 5.41) is 16.1. The first-order valence-corrected chi connectivity index (χ1v) is 9.03. The fraction of sp³-hybridized carbons (Fsp3) is 0.0526. The summed E-state index contributed by atoms with van der Waals surface area (Å²) in [5.41, 5.74) is 4.04. The number of ether oxygens (including phenoxy) is 1. The van der Waals surface area contributed by atoms with Crippen molar-refractivity contribution in [1.82, 2.24) is 4.98 Å². The zero-order valence-electron chi connectivity index (χ0n) is 14.7. The number of hydrazone groups is 1. The van der Waals surface area contributed by atoms with Crippen LogP contribution in [0.4, 0.5) is 10.8 Å². The summed E-state index contributed by atoms with van der Waals surface area (Å²) in [6.45, 7) is 0. The molecular weight excluding hydrogens is 380 g/mol. The van der Waals surface area contributed by atoms with Crippen LogP contribution >= 0.6 is 11.3 Å². The molecule has 4 aromatic rings. The number of fused-ring (bicyclic) bond motifs is 1. The van der Waals surface area contributed by atoms with Crippen LogP contribution in [0.15, 0.2) is 64.1 Å². The lowest BCUT2D eigenvalue weighted by Gasteiger charge is -2.03. The Morgan fingerprint density at radius 2 is 2.11 bits per heavy atom. The molecule has 8 nitrogen and oxygen atoms in total. The van der Waals surface area contributed by atoms with E-state index < -0.39 is 4.92 Å². The van der Waals surface area contributed by atoms with Crippen molar-refractivity contribution in [2.24, 2.45) is 5.10 Å². The van der Waals surface area contributed by atoms with Gasteiger partial charge in [-0.3, -0.25) is 15.5 Å². The Balaban J connectivity index is 1.53. The molecule has 0 aliphatic carbocycles. The van der Waals surface area contributed by atoms with E-state index in [1.54, 1.807) is 24.3 Å². The van der Waals surface area contributed by atoms with Crippen LogP contribution in [-0.2, 0) is 0 Å². The number of furan rings is 1. The van der Waals surface area contributed by atoms with Gasteiger partial charge in [-0.2, -0.15) is 5.10 Å². The van der Waals surface area contributed by atoms with Crippen LogP contribution in [0, 0.1) is 10.1 Å². The van der Waals surface area contributed by atoms with Crippen molar-refractivity contribution in [3.05, 3.63) is 70.5 Å². The van der Waals surface area contributed by atoms with Gasteiger partial charge < -0.3 is 9.15 Å². The molecule has 0 atom stereocenters. The minimum Gasteiger partial charge on any atom is -0.497 e. The fourth-order valence-corrected chi connectivity index (χ4v) is 3.45. The van der Waals surface area contributed by atoms with E-state index in [2.05, 4.69) is 15.5 Å². The highest BCUT2D eigenvalue weighted by Crippen LogP contribution is 2.34. The summed E-state index contributed by atoms with van der Waals surface area (Å²) in [5.74, 6) is 1.23. The first-order valence-electron chi connectivity index (χ1n) is 8.21. The normalized spacial score (nSPS) is 11.2. The Labute approximate surface area is 163 Å². The maximum Gasteiger partial charge on any atom is 0.284 e. The average Bonchev–Trinajstić information content (AvgIpc) is 3.34. The quantitative estimate of drug-likeness (QED) is 0.283. The predicted octanol–water partition coefficient (Wildman–Crippen LogP) is 4.92. The number of nitrogens with zero attached hydrogens (tertiary/aromatic N) is 3. The number of methoxy groups -OCH3 is 1. The third-order valence-corrected chi connectivity index (χ3v) is 4.88. The molecule has 0 saturated heterocycles. The number of nitro benzene ring substituents is 1. The summed E-state index contributed by atoms with van der Waals surface area (Å²) in [6, 6.07) is 15.8. The van der Waals surface area contributed by atoms with Gasteiger partial charge in [0.15, 0.2) is 0 Å². The van der Waals surface area contributed by atoms with Crippen LogP contribution in [0.2, 0.25) is 0 Å². The number of nitro groups is 1. The van der Waals surface area contributed by atoms with E-state index in [4.69, 9.17) is 9.15 Å². The summed E-state index contributed by atoms with van der Waals surface area (Å²) in [6.07, 6.45) is 1.49. The van der Waals surface area contributed by atoms with Gasteiger partial charge in [0.25, 0.3) is 5.69 Å². The van der Waals surface area contributed by atoms with Crippen molar-refractivity contribution in [3.8, 4) is 17.1 Å². The van der Waals surface area contributed by atoms with Crippen LogP contribution in [-0.4, -0.2) is 23.2 Å². The highest BCUT2D eigenvalue weighted by atomic mass is 32.1. The minimum absolute atomic E-state index is 0.0928. The van der Waals surface area contributed by atoms with Crippen molar-refractivity contribution >= 4 is 38.6 Å². The Morgan fingerprint density at radius 1 is 1.25 bits per heavy atom. The number of nitrogens with one attached hydrogen (secondary N) is 1. The number of hydrogen-bond acceptors (Lipinski definition) is 8. The van der Waals surface area contributed by atoms with E-state index in [0.29, 0.717) is 28.0 Å². The molecule has 4 rings (SSSR count). The molecule has 2 heterocycles. The lowest BCUT2D eigenvalue weighted by atomic mass is 10.1. The number of aromatic nitrogens is 1. The van der Waals surface area contributed by atoms with Crippen LogP contribution in [0.3, 0.4) is 0 Å². The molecule has 0 spiro atoms. The SMILES string of the molecule is COc1ccc(-c2ccc(/C=N\Nc3nc4ccccc4s3)o2)c([N+](=O)[O-])c1. The molecule has 2 aromatic heterocycles. The average molecular weight is 394 g/mol. The Kier molecular flexibility index (Phi) is 4.73. The maximum absolute atomic E-state index is 11.3. The smallest absolute Gasteiger partial charge is 0.284 e. The molecular formula is C19H14N4O4S. The van der Waals surface area contributed by atoms with E-state index in [1.807, 2.05) is 24.3 Å². The Morgan fingerprint density at radius 3 is 2.89 bits per heavy atom. The molecule has 2 aromatic carbocycles. The highest BCUT2D eigenvalue weighted by Gasteiger charge is 2.19. The Bertz CT molecular complexity index is 1150. The van der Waals surface area contributed by atoms with Crippen LogP contribution < -0.4 is 10.2 Å². The lowest BCUT2D eigenvalue weighted by Crippen LogP contribution is -1.93. The molecule has 0 bridgehead atoms. The first-order chi connectivity index (χ1) is 13.6. The molecule has 0 saturated carbocycles. The monoisotopic (exact) mass is 394 g/mol. The summed E-state index contributed by atoms with van der Waals surface area (Å²) >= 11 is 1.49. The molecule has 0 aliphatic heterocycles. The molecule has 0 amide bonds. The molecule has 0 fully saturated rings. The number of para-hydroxylation sites is 1. The van der Waals surface area contributed by atoms with Gasteiger partial charge in [-0.1, -0.05) is 23.5 Å². The summed E-state index contributed by atoms with van der Waals surface area (Å²) < 4.78 is 11.8. The van der Waals surface area contributed by atoms with Crippen LogP contribution in [0.1, 0.15) is 5.76 Å². The number of thiazole rings is 1. The molecule has 28 heavy (non-hydrogen) atoms. The maximum atomic E-state index is 11.3. The lowest BCUT2D eigenvalue weighted by molar-refractivity contribution is -0.384. The topological polar surface area (TPSA) is 103 Å². The second-order valence-electron chi connectivity index (χ2n) is 5.70. The first kappa shape index (κ1) is 17.7. The van der Waals surface area contributed by atoms with Gasteiger partial charge in [0, 0.05) is 0 Å². The zero-order valence-corrected chi connectivity index (χ0v) is 15.5. The van der Waals surface area contributed by atoms with Crippen molar-refractivity contribution < 1.29 is 14.1 Å². The third kappa shape index (κ3) is 3.55. The van der Waals surface area contributed by atoms with Gasteiger partial charge in [-0.05, 0) is 36.4 Å². The van der Waals surface area contributed by atoms with Gasteiger partial charge in [-0.15, -0.1) is 0 Å². The van der Waals surface area contributed by atoms with Crippen LogP contribution in [0.5, 0.6) is 5.75 Å². The summed E-state index contributed by atoms with van der Waals surface area (Å²) in [4.78, 5) is 15.3. The van der Waals surface area contributed by atoms with Crippen molar-refractivity contribution in [2.45, 2.75) is 0 Å². The minimum atomic E-state index is -0.469. The van der Waals surface area contributed by atoms with E-state index in [0.717, 1.165) is 10.2 Å². The van der Waals surface area contributed by atoms with E-state index in [9.17, 15) is 10.1 Å². The number of hydrogen-bond donors (Lipinski definition) is 1. The second kappa shape index (κ2) is 7.49. The molecule has 0 radical (unpaired) electrons. The molecule has 140 valence electrons. The zero-order chi connectivity index (χ0) is 19.5. The number of anilines is 1. The second-order valence-corrected chi connectivity index (χ2v) is 6.73. The van der Waals surface area contributed by atoms with Gasteiger partial charge in [0.2, 0.25) is 5.13 Å². The highest BCUT2D eigenvalue weighted by molar-refractivity contribution is 7.22. The molecule has 0 aliphatic rings. The number of rotatable bonds is 6. The van der Waals surface area contributed by atoms with E-state index in [1.165, 1.54) is 30.7 Å². The molecule has 9 heteroatoms. The standard InChI is InChI=1S/C19H14N4O4S/c1-26-12-6-8-14(16(10-12)23(24)25)17-9-7-13(27-17)11-20-22-19-21-15-4-2-3-5-18(15)28-19/h2-11H,1H3,(H,21,22)/b20-11-. The molecule has 1 N–H and O–H groups in total. The van der Waals surface area contributed by atoms with E-state index >= 15 is 0 Å². The predicted molar refractivity (Wildman–Crippen MR) is 108 cm³/mol. The fourth-order valence-electron chi connectivity index (χ4n) is 2.64. The Hall–Kier alpha value is -3.72. The van der Waals surface area contributed by atoms with Gasteiger partial charge in [-0.25, -0.2) is 4.98 Å². The van der Waals surface area contributed by atoms with E-state index in [-0.39, 0.29) is 5.69 Å². The van der Waals surface area contributed by atoms with Crippen molar-refractivity contribution in [2.75, 3.05) is 12.5 Å². The molecule has 0 unspecified atom stereocenters. The van der Waals surface area contributed by atoms with Crippen LogP contribution in [0.25, 0.3) is 21.5 Å². The van der Waals surface area contributed by atoms with Crippen molar-refractivity contribution in [3.63, 3.8) is 0 Å². The number of benzene rings is 2. The van der Waals surface area contributed by atoms with Gasteiger partial charge in [0.05, 0.1) is 40.1 Å². The van der Waals surface area contributed by atoms with Gasteiger partial charge in [0.1, 0.15) is 17.3 Å². The largest absolute Gasteiger partial charge is 0.497 e. The van der Waals surface area contributed by atoms with Crippen molar-refractivity contribution in [1.29, 1.82) is 0 Å². The third-order valence-electron chi connectivity index (χ3n) is 3.94. The summed E-state index contributed by atoms with van der Waals surface area (Å²) in [7, 11) is 1.46. The van der Waals surface area contributed by atoms with Gasteiger partial charge >= 0.3 is 0 Å².